The van der Waals surface area contributed by atoms with Gasteiger partial charge in [-0.1, -0.05) is 66.2 Å². The van der Waals surface area contributed by atoms with Crippen molar-refractivity contribution in [3.63, 3.8) is 0 Å². The molecule has 0 aliphatic heterocycles. The Kier molecular flexibility index (Phi) is 6.17. The highest BCUT2D eigenvalue weighted by molar-refractivity contribution is 7.25. The van der Waals surface area contributed by atoms with Gasteiger partial charge in [-0.15, -0.1) is 11.3 Å². The monoisotopic (exact) mass is 719 g/mol. The maximum absolute atomic E-state index is 9.74. The summed E-state index contributed by atoms with van der Waals surface area (Å²) in [7, 11) is 0. The molecule has 0 aliphatic rings. The van der Waals surface area contributed by atoms with Crippen LogP contribution in [0.3, 0.4) is 0 Å². The van der Waals surface area contributed by atoms with Gasteiger partial charge in [0.2, 0.25) is 0 Å². The number of hydrogen-bond donors (Lipinski definition) is 0. The molecule has 0 spiro atoms. The Bertz CT molecular complexity index is 3640. The number of nitriles is 1. The lowest BCUT2D eigenvalue weighted by atomic mass is 10.0. The molecule has 0 N–H and O–H groups in total. The molecule has 55 heavy (non-hydrogen) atoms. The van der Waals surface area contributed by atoms with Gasteiger partial charge >= 0.3 is 0 Å². The normalized spacial score (nSPS) is 12.1. The maximum atomic E-state index is 9.74. The molecule has 12 aromatic rings. The van der Waals surface area contributed by atoms with E-state index >= 15 is 0 Å². The molecule has 4 aromatic heterocycles. The molecule has 256 valence electrons. The van der Waals surface area contributed by atoms with Crippen molar-refractivity contribution in [2.75, 3.05) is 0 Å². The van der Waals surface area contributed by atoms with E-state index in [1.54, 1.807) is 0 Å². The highest BCUT2D eigenvalue weighted by Crippen LogP contribution is 2.41. The number of aromatic nitrogens is 2. The molecular formula is C50H29N3OS. The highest BCUT2D eigenvalue weighted by atomic mass is 32.1. The summed E-state index contributed by atoms with van der Waals surface area (Å²) in [5.41, 5.74) is 12.7. The Morgan fingerprint density at radius 1 is 0.455 bits per heavy atom. The summed E-state index contributed by atoms with van der Waals surface area (Å²) >= 11 is 1.85. The van der Waals surface area contributed by atoms with Crippen molar-refractivity contribution in [2.45, 2.75) is 6.92 Å². The van der Waals surface area contributed by atoms with Crippen LogP contribution < -0.4 is 0 Å². The van der Waals surface area contributed by atoms with E-state index in [1.807, 2.05) is 23.5 Å². The summed E-state index contributed by atoms with van der Waals surface area (Å²) < 4.78 is 13.6. The number of thiophene rings is 1. The number of benzene rings is 8. The number of nitrogens with zero attached hydrogens (tertiary/aromatic N) is 3. The molecule has 4 heterocycles. The molecule has 12 rings (SSSR count). The van der Waals surface area contributed by atoms with Gasteiger partial charge in [0.05, 0.1) is 33.7 Å². The largest absolute Gasteiger partial charge is 0.456 e. The minimum absolute atomic E-state index is 0.643. The van der Waals surface area contributed by atoms with Crippen LogP contribution in [0.2, 0.25) is 0 Å². The number of fused-ring (bicyclic) bond motifs is 12. The maximum Gasteiger partial charge on any atom is 0.135 e. The van der Waals surface area contributed by atoms with Gasteiger partial charge in [-0.3, -0.25) is 0 Å². The zero-order valence-corrected chi connectivity index (χ0v) is 30.5. The molecular weight excluding hydrogens is 691 g/mol. The van der Waals surface area contributed by atoms with Crippen LogP contribution in [0.5, 0.6) is 0 Å². The minimum Gasteiger partial charge on any atom is -0.456 e. The first-order valence-electron chi connectivity index (χ1n) is 18.5. The SMILES string of the molecule is Cc1ccc2c(c1)c1ccccc1n2-c1ccc2sc3ccc(-c4ccc5oc6ccc(-n7c8ccccc8c8ccc(C#N)cc87)cc6c5c4)cc3c2c1. The predicted molar refractivity (Wildman–Crippen MR) is 230 cm³/mol. The average molecular weight is 720 g/mol. The molecule has 0 aliphatic carbocycles. The van der Waals surface area contributed by atoms with E-state index < -0.39 is 0 Å². The van der Waals surface area contributed by atoms with E-state index in [0.29, 0.717) is 5.56 Å². The number of aryl methyl sites for hydroxylation is 1. The summed E-state index contributed by atoms with van der Waals surface area (Å²) in [6.45, 7) is 2.16. The fraction of sp³-hybridized carbons (Fsp3) is 0.0200. The Hall–Kier alpha value is -7.13. The van der Waals surface area contributed by atoms with Gasteiger partial charge in [-0.2, -0.15) is 5.26 Å². The van der Waals surface area contributed by atoms with Crippen LogP contribution in [0, 0.1) is 18.3 Å². The van der Waals surface area contributed by atoms with Crippen molar-refractivity contribution < 1.29 is 4.42 Å². The van der Waals surface area contributed by atoms with Gasteiger partial charge in [0, 0.05) is 63.9 Å². The van der Waals surface area contributed by atoms with E-state index in [1.165, 1.54) is 58.8 Å². The summed E-state index contributed by atoms with van der Waals surface area (Å²) in [5, 5.41) is 19.3. The van der Waals surface area contributed by atoms with E-state index in [4.69, 9.17) is 4.42 Å². The number of furan rings is 1. The number of rotatable bonds is 3. The Morgan fingerprint density at radius 3 is 1.80 bits per heavy atom. The second-order valence-electron chi connectivity index (χ2n) is 14.6. The minimum atomic E-state index is 0.643. The third-order valence-electron chi connectivity index (χ3n) is 11.4. The molecule has 0 saturated heterocycles. The summed E-state index contributed by atoms with van der Waals surface area (Å²) in [6, 6.07) is 58.9. The fourth-order valence-electron chi connectivity index (χ4n) is 8.85. The van der Waals surface area contributed by atoms with Crippen molar-refractivity contribution in [1.82, 2.24) is 9.13 Å². The second-order valence-corrected chi connectivity index (χ2v) is 15.6. The van der Waals surface area contributed by atoms with Crippen molar-refractivity contribution in [3.05, 3.63) is 169 Å². The van der Waals surface area contributed by atoms with Crippen molar-refractivity contribution in [3.8, 4) is 28.6 Å². The standard InChI is InChI=1S/C50H29N3OS/c1-29-10-17-45-38(22-29)36-7-3-5-9-44(36)52(45)34-15-21-50-42(27-34)41-25-32(13-20-49(41)55-50)31-12-18-47-39(24-31)40-26-33(14-19-48(40)54-47)53-43-8-4-2-6-35(43)37-16-11-30(28-51)23-46(37)53/h2-27H,1H3. The van der Waals surface area contributed by atoms with Gasteiger partial charge in [-0.25, -0.2) is 0 Å². The highest BCUT2D eigenvalue weighted by Gasteiger charge is 2.17. The first kappa shape index (κ1) is 30.3. The fourth-order valence-corrected chi connectivity index (χ4v) is 9.92. The molecule has 8 aromatic carbocycles. The molecule has 5 heteroatoms. The van der Waals surface area contributed by atoms with Gasteiger partial charge in [0.25, 0.3) is 0 Å². The van der Waals surface area contributed by atoms with E-state index in [9.17, 15) is 5.26 Å². The van der Waals surface area contributed by atoms with Crippen LogP contribution in [0.15, 0.2) is 162 Å². The van der Waals surface area contributed by atoms with E-state index in [-0.39, 0.29) is 0 Å². The van der Waals surface area contributed by atoms with E-state index in [0.717, 1.165) is 55.0 Å². The van der Waals surface area contributed by atoms with Crippen molar-refractivity contribution in [1.29, 1.82) is 5.26 Å². The molecule has 0 amide bonds. The quantitative estimate of drug-likeness (QED) is 0.182. The molecule has 4 nitrogen and oxygen atoms in total. The lowest BCUT2D eigenvalue weighted by Crippen LogP contribution is -1.93. The van der Waals surface area contributed by atoms with Crippen LogP contribution in [-0.2, 0) is 0 Å². The van der Waals surface area contributed by atoms with Crippen molar-refractivity contribution >= 4 is 97.1 Å². The van der Waals surface area contributed by atoms with Crippen LogP contribution in [0.25, 0.3) is 108 Å². The van der Waals surface area contributed by atoms with Gasteiger partial charge in [-0.05, 0) is 115 Å². The third kappa shape index (κ3) is 4.37. The first-order chi connectivity index (χ1) is 27.1. The van der Waals surface area contributed by atoms with Crippen molar-refractivity contribution in [2.24, 2.45) is 0 Å². The first-order valence-corrected chi connectivity index (χ1v) is 19.3. The lowest BCUT2D eigenvalue weighted by Gasteiger charge is -2.09. The van der Waals surface area contributed by atoms with E-state index in [2.05, 4.69) is 168 Å². The Balaban J connectivity index is 1.01. The smallest absolute Gasteiger partial charge is 0.135 e. The van der Waals surface area contributed by atoms with Gasteiger partial charge in [0.1, 0.15) is 11.2 Å². The zero-order valence-electron chi connectivity index (χ0n) is 29.7. The topological polar surface area (TPSA) is 46.8 Å². The van der Waals surface area contributed by atoms with Crippen LogP contribution in [0.1, 0.15) is 11.1 Å². The molecule has 0 saturated carbocycles. The third-order valence-corrected chi connectivity index (χ3v) is 12.5. The molecule has 0 fully saturated rings. The number of hydrogen-bond acceptors (Lipinski definition) is 3. The predicted octanol–water partition coefficient (Wildman–Crippen LogP) is 14.0. The number of para-hydroxylation sites is 2. The Morgan fingerprint density at radius 2 is 1.02 bits per heavy atom. The lowest BCUT2D eigenvalue weighted by molar-refractivity contribution is 0.669. The average Bonchev–Trinajstić information content (AvgIpc) is 3.97. The van der Waals surface area contributed by atoms with Gasteiger partial charge in [0.15, 0.2) is 0 Å². The molecule has 0 bridgehead atoms. The van der Waals surface area contributed by atoms with Crippen LogP contribution in [0.4, 0.5) is 0 Å². The second kappa shape index (κ2) is 11.2. The zero-order chi connectivity index (χ0) is 36.4. The van der Waals surface area contributed by atoms with Gasteiger partial charge < -0.3 is 13.6 Å². The molecule has 0 atom stereocenters. The summed E-state index contributed by atoms with van der Waals surface area (Å²) in [4.78, 5) is 0. The van der Waals surface area contributed by atoms with Crippen LogP contribution in [-0.4, -0.2) is 9.13 Å². The molecule has 0 unspecified atom stereocenters. The summed E-state index contributed by atoms with van der Waals surface area (Å²) in [5.74, 6) is 0. The Labute approximate surface area is 318 Å². The summed E-state index contributed by atoms with van der Waals surface area (Å²) in [6.07, 6.45) is 0. The molecule has 0 radical (unpaired) electrons. The van der Waals surface area contributed by atoms with Crippen LogP contribution >= 0.6 is 11.3 Å².